The maximum atomic E-state index is 13.8. The molecule has 0 unspecified atom stereocenters. The number of amidine groups is 1. The predicted octanol–water partition coefficient (Wildman–Crippen LogP) is 2.75. The molecule has 1 aromatic heterocycles. The standard InChI is InChI=1S/C23H24ClFN6O4S2/c1-3-35-23(32)19-18-9-14(30-37(33,34)15(10-26)11-27-2)12-31(18)21(22-28-6-7-36-22)29-20(19)16-5-4-13(25)8-17(16)24/h4-8,10-11,14,20,30H,3,9,12,26H2,1-2H3/t14-,20-/m0/s1. The summed E-state index contributed by atoms with van der Waals surface area (Å²) in [5, 5.41) is 2.43. The number of carbonyl (C=O) groups is 1. The number of aliphatic imine (C=N–C) groups is 2. The van der Waals surface area contributed by atoms with Crippen LogP contribution in [0.25, 0.3) is 0 Å². The van der Waals surface area contributed by atoms with Crippen LogP contribution in [0.15, 0.2) is 62.1 Å². The number of hydrogen-bond donors (Lipinski definition) is 2. The number of allylic oxidation sites excluding steroid dienone is 1. The molecule has 10 nitrogen and oxygen atoms in total. The zero-order valence-corrected chi connectivity index (χ0v) is 22.3. The molecule has 2 atom stereocenters. The number of esters is 1. The molecule has 1 saturated heterocycles. The highest BCUT2D eigenvalue weighted by Crippen LogP contribution is 2.42. The third-order valence-electron chi connectivity index (χ3n) is 5.69. The van der Waals surface area contributed by atoms with Crippen molar-refractivity contribution < 1.29 is 22.3 Å². The normalized spacial score (nSPS) is 20.4. The molecule has 0 radical (unpaired) electrons. The Balaban J connectivity index is 1.84. The average molecular weight is 567 g/mol. The van der Waals surface area contributed by atoms with E-state index in [9.17, 15) is 17.6 Å². The first-order chi connectivity index (χ1) is 17.7. The number of aromatic nitrogens is 1. The number of nitrogens with one attached hydrogen (secondary N) is 1. The van der Waals surface area contributed by atoms with Gasteiger partial charge < -0.3 is 15.4 Å². The van der Waals surface area contributed by atoms with Crippen LogP contribution in [0.4, 0.5) is 4.39 Å². The Morgan fingerprint density at radius 2 is 2.24 bits per heavy atom. The maximum absolute atomic E-state index is 13.8. The molecule has 14 heteroatoms. The highest BCUT2D eigenvalue weighted by atomic mass is 35.5. The van der Waals surface area contributed by atoms with Gasteiger partial charge in [0, 0.05) is 66.3 Å². The van der Waals surface area contributed by atoms with Crippen LogP contribution >= 0.6 is 22.9 Å². The van der Waals surface area contributed by atoms with Crippen molar-refractivity contribution >= 4 is 51.0 Å². The first kappa shape index (κ1) is 26.9. The molecule has 3 heterocycles. The fourth-order valence-electron chi connectivity index (χ4n) is 4.21. The molecule has 0 amide bonds. The van der Waals surface area contributed by atoms with Crippen LogP contribution in [0.5, 0.6) is 0 Å². The minimum atomic E-state index is -4.00. The number of rotatable bonds is 8. The quantitative estimate of drug-likeness (QED) is 0.370. The van der Waals surface area contributed by atoms with Crippen LogP contribution < -0.4 is 10.5 Å². The smallest absolute Gasteiger partial charge is 0.338 e. The van der Waals surface area contributed by atoms with E-state index in [-0.39, 0.29) is 35.1 Å². The Kier molecular flexibility index (Phi) is 8.07. The molecule has 4 rings (SSSR count). The summed E-state index contributed by atoms with van der Waals surface area (Å²) >= 11 is 7.72. The van der Waals surface area contributed by atoms with Crippen molar-refractivity contribution in [2.24, 2.45) is 15.7 Å². The monoisotopic (exact) mass is 566 g/mol. The molecule has 37 heavy (non-hydrogen) atoms. The van der Waals surface area contributed by atoms with Crippen LogP contribution in [0, 0.1) is 5.82 Å². The highest BCUT2D eigenvalue weighted by molar-refractivity contribution is 7.94. The van der Waals surface area contributed by atoms with Gasteiger partial charge in [-0.25, -0.2) is 27.3 Å². The Labute approximate surface area is 222 Å². The third kappa shape index (κ3) is 5.44. The summed E-state index contributed by atoms with van der Waals surface area (Å²) in [5.74, 6) is -0.718. The molecular formula is C23H24ClFN6O4S2. The average Bonchev–Trinajstić information content (AvgIpc) is 3.51. The Bertz CT molecular complexity index is 1420. The number of nitrogens with two attached hydrogens (primary N) is 1. The van der Waals surface area contributed by atoms with Crippen molar-refractivity contribution in [1.82, 2.24) is 14.6 Å². The number of nitrogens with zero attached hydrogens (tertiary/aromatic N) is 4. The van der Waals surface area contributed by atoms with Crippen molar-refractivity contribution in [2.75, 3.05) is 20.2 Å². The molecule has 1 fully saturated rings. The van der Waals surface area contributed by atoms with Crippen molar-refractivity contribution in [3.05, 3.63) is 73.6 Å². The summed E-state index contributed by atoms with van der Waals surface area (Å²) in [6.07, 6.45) is 3.86. The fourth-order valence-corrected chi connectivity index (χ4v) is 6.28. The lowest BCUT2D eigenvalue weighted by atomic mass is 9.94. The number of halogens is 2. The summed E-state index contributed by atoms with van der Waals surface area (Å²) in [5.41, 5.74) is 6.62. The maximum Gasteiger partial charge on any atom is 0.338 e. The van der Waals surface area contributed by atoms with Gasteiger partial charge in [-0.3, -0.25) is 9.98 Å². The SMILES string of the molecule is CCOC(=O)C1=C2C[C@H](NS(=O)(=O)C(C=NC)=CN)CN2C(c2nccs2)=N[C@H]1c1ccc(F)cc1Cl. The first-order valence-electron chi connectivity index (χ1n) is 11.2. The van der Waals surface area contributed by atoms with E-state index in [0.717, 1.165) is 18.5 Å². The van der Waals surface area contributed by atoms with E-state index in [1.165, 1.54) is 30.5 Å². The lowest BCUT2D eigenvalue weighted by Crippen LogP contribution is -2.40. The van der Waals surface area contributed by atoms with Crippen molar-refractivity contribution in [3.8, 4) is 0 Å². The first-order valence-corrected chi connectivity index (χ1v) is 13.9. The summed E-state index contributed by atoms with van der Waals surface area (Å²) in [6, 6.07) is 2.30. The van der Waals surface area contributed by atoms with Crippen LogP contribution in [-0.4, -0.2) is 62.6 Å². The van der Waals surface area contributed by atoms with Gasteiger partial charge in [0.15, 0.2) is 10.8 Å². The Morgan fingerprint density at radius 1 is 1.46 bits per heavy atom. The summed E-state index contributed by atoms with van der Waals surface area (Å²) in [7, 11) is -2.57. The largest absolute Gasteiger partial charge is 0.463 e. The van der Waals surface area contributed by atoms with E-state index < -0.39 is 33.9 Å². The number of ether oxygens (including phenoxy) is 1. The van der Waals surface area contributed by atoms with Gasteiger partial charge in [0.2, 0.25) is 10.0 Å². The summed E-state index contributed by atoms with van der Waals surface area (Å²) in [4.78, 5) is 27.7. The predicted molar refractivity (Wildman–Crippen MR) is 140 cm³/mol. The van der Waals surface area contributed by atoms with Crippen molar-refractivity contribution in [2.45, 2.75) is 25.4 Å². The van der Waals surface area contributed by atoms with Gasteiger partial charge in [-0.2, -0.15) is 0 Å². The van der Waals surface area contributed by atoms with Gasteiger partial charge in [0.25, 0.3) is 0 Å². The summed E-state index contributed by atoms with van der Waals surface area (Å²) < 4.78 is 47.7. The van der Waals surface area contributed by atoms with Crippen molar-refractivity contribution in [3.63, 3.8) is 0 Å². The molecule has 0 aliphatic carbocycles. The second kappa shape index (κ2) is 11.1. The van der Waals surface area contributed by atoms with Gasteiger partial charge in [-0.05, 0) is 19.1 Å². The lowest BCUT2D eigenvalue weighted by molar-refractivity contribution is -0.139. The lowest BCUT2D eigenvalue weighted by Gasteiger charge is -2.31. The Morgan fingerprint density at radius 3 is 2.86 bits per heavy atom. The van der Waals surface area contributed by atoms with Gasteiger partial charge in [0.1, 0.15) is 16.8 Å². The molecule has 2 aromatic rings. The Hall–Kier alpha value is -3.13. The van der Waals surface area contributed by atoms with Crippen LogP contribution in [-0.2, 0) is 19.6 Å². The number of benzene rings is 1. The topological polar surface area (TPSA) is 139 Å². The van der Waals surface area contributed by atoms with Gasteiger partial charge in [-0.1, -0.05) is 17.7 Å². The molecule has 1 aromatic carbocycles. The van der Waals surface area contributed by atoms with Gasteiger partial charge in [-0.15, -0.1) is 11.3 Å². The van der Waals surface area contributed by atoms with Gasteiger partial charge in [0.05, 0.1) is 12.2 Å². The number of sulfonamides is 1. The van der Waals surface area contributed by atoms with Crippen LogP contribution in [0.1, 0.15) is 30.0 Å². The third-order valence-corrected chi connectivity index (χ3v) is 8.29. The summed E-state index contributed by atoms with van der Waals surface area (Å²) in [6.45, 7) is 1.95. The zero-order chi connectivity index (χ0) is 26.7. The van der Waals surface area contributed by atoms with E-state index in [4.69, 9.17) is 27.1 Å². The molecular weight excluding hydrogens is 543 g/mol. The molecule has 2 aliphatic heterocycles. The molecule has 0 saturated carbocycles. The van der Waals surface area contributed by atoms with E-state index in [1.807, 2.05) is 0 Å². The second-order valence-corrected chi connectivity index (χ2v) is 11.0. The highest BCUT2D eigenvalue weighted by Gasteiger charge is 2.43. The van der Waals surface area contributed by atoms with Crippen LogP contribution in [0.3, 0.4) is 0 Å². The number of carbonyl (C=O) groups excluding carboxylic acids is 1. The molecule has 196 valence electrons. The minimum Gasteiger partial charge on any atom is -0.463 e. The second-order valence-electron chi connectivity index (χ2n) is 8.03. The number of thiazole rings is 1. The minimum absolute atomic E-state index is 0.0925. The number of hydrogen-bond acceptors (Lipinski definition) is 10. The van der Waals surface area contributed by atoms with Gasteiger partial charge >= 0.3 is 5.97 Å². The van der Waals surface area contributed by atoms with E-state index in [0.29, 0.717) is 22.1 Å². The number of fused-ring (bicyclic) bond motifs is 1. The van der Waals surface area contributed by atoms with Crippen LogP contribution in [0.2, 0.25) is 5.02 Å². The van der Waals surface area contributed by atoms with E-state index >= 15 is 0 Å². The zero-order valence-electron chi connectivity index (χ0n) is 19.9. The van der Waals surface area contributed by atoms with Crippen molar-refractivity contribution in [1.29, 1.82) is 0 Å². The fraction of sp³-hybridized carbons (Fsp3) is 0.304. The van der Waals surface area contributed by atoms with E-state index in [2.05, 4.69) is 14.7 Å². The molecule has 0 bridgehead atoms. The molecule has 0 spiro atoms. The van der Waals surface area contributed by atoms with E-state index in [1.54, 1.807) is 23.4 Å². The molecule has 2 aliphatic rings. The molecule has 3 N–H and O–H groups in total.